The SMILES string of the molecule is c1cc(Nc2ncc3oc4c(c3n2)C2(CCCCC2)CNN4)ncc1N1CCC(N2CCOCC2)CC1. The fourth-order valence-corrected chi connectivity index (χ4v) is 6.76. The number of anilines is 4. The van der Waals surface area contributed by atoms with Gasteiger partial charge in [0.25, 0.3) is 0 Å². The van der Waals surface area contributed by atoms with Crippen LogP contribution in [0.1, 0.15) is 50.5 Å². The minimum Gasteiger partial charge on any atom is -0.436 e. The second kappa shape index (κ2) is 9.74. The number of piperidine rings is 1. The zero-order valence-corrected chi connectivity index (χ0v) is 21.3. The highest BCUT2D eigenvalue weighted by molar-refractivity contribution is 5.85. The van der Waals surface area contributed by atoms with E-state index in [0.717, 1.165) is 81.6 Å². The Morgan fingerprint density at radius 3 is 2.59 bits per heavy atom. The van der Waals surface area contributed by atoms with E-state index in [-0.39, 0.29) is 5.41 Å². The number of aromatic nitrogens is 3. The Bertz CT molecular complexity index is 1230. The highest BCUT2D eigenvalue weighted by Crippen LogP contribution is 2.47. The molecule has 0 radical (unpaired) electrons. The normalized spacial score (nSPS) is 22.6. The summed E-state index contributed by atoms with van der Waals surface area (Å²) in [5, 5.41) is 3.32. The summed E-state index contributed by atoms with van der Waals surface area (Å²) in [5.74, 6) is 2.08. The van der Waals surface area contributed by atoms with E-state index < -0.39 is 0 Å². The molecule has 10 nitrogen and oxygen atoms in total. The number of hydrazine groups is 1. The number of hydrogen-bond acceptors (Lipinski definition) is 10. The van der Waals surface area contributed by atoms with Gasteiger partial charge in [-0.2, -0.15) is 0 Å². The van der Waals surface area contributed by atoms with Crippen molar-refractivity contribution >= 4 is 34.4 Å². The van der Waals surface area contributed by atoms with Crippen LogP contribution < -0.4 is 21.1 Å². The van der Waals surface area contributed by atoms with E-state index in [2.05, 4.69) is 37.0 Å². The molecule has 1 spiro atoms. The first-order valence-corrected chi connectivity index (χ1v) is 13.9. The van der Waals surface area contributed by atoms with Gasteiger partial charge in [0.15, 0.2) is 5.58 Å². The van der Waals surface area contributed by atoms with Crippen molar-refractivity contribution in [1.29, 1.82) is 0 Å². The Labute approximate surface area is 217 Å². The molecule has 3 aliphatic heterocycles. The second-order valence-electron chi connectivity index (χ2n) is 10.9. The standard InChI is InChI=1S/C27H36N8O2/c1-2-8-27(9-3-1)18-30-33-25-23(27)24-21(37-25)17-29-26(32-24)31-22-5-4-20(16-28-22)34-10-6-19(7-11-34)35-12-14-36-15-13-35/h4-5,16-17,19,30,33H,1-3,6-15,18H2,(H,28,29,31,32). The molecule has 1 saturated carbocycles. The van der Waals surface area contributed by atoms with Gasteiger partial charge in [0.1, 0.15) is 11.3 Å². The lowest BCUT2D eigenvalue weighted by molar-refractivity contribution is 0.0115. The van der Waals surface area contributed by atoms with Gasteiger partial charge in [0.05, 0.1) is 36.9 Å². The highest BCUT2D eigenvalue weighted by atomic mass is 16.5. The lowest BCUT2D eigenvalue weighted by atomic mass is 9.69. The number of furan rings is 1. The van der Waals surface area contributed by atoms with Gasteiger partial charge in [0.2, 0.25) is 11.8 Å². The van der Waals surface area contributed by atoms with E-state index in [4.69, 9.17) is 19.1 Å². The van der Waals surface area contributed by atoms with E-state index in [1.165, 1.54) is 43.4 Å². The van der Waals surface area contributed by atoms with Crippen LogP contribution in [-0.4, -0.2) is 71.8 Å². The van der Waals surface area contributed by atoms with Crippen molar-refractivity contribution in [3.05, 3.63) is 30.1 Å². The topological polar surface area (TPSA) is 104 Å². The number of morpholine rings is 1. The van der Waals surface area contributed by atoms with Crippen LogP contribution in [0, 0.1) is 0 Å². The minimum atomic E-state index is 0.0742. The van der Waals surface area contributed by atoms with E-state index in [9.17, 15) is 0 Å². The molecule has 0 aromatic carbocycles. The number of nitrogens with one attached hydrogen (secondary N) is 3. The lowest BCUT2D eigenvalue weighted by Gasteiger charge is -2.40. The average molecular weight is 505 g/mol. The molecule has 37 heavy (non-hydrogen) atoms. The molecular formula is C27H36N8O2. The molecule has 0 unspecified atom stereocenters. The molecule has 3 N–H and O–H groups in total. The Morgan fingerprint density at radius 2 is 1.81 bits per heavy atom. The second-order valence-corrected chi connectivity index (χ2v) is 10.9. The van der Waals surface area contributed by atoms with Gasteiger partial charge in [-0.25, -0.2) is 20.4 Å². The third-order valence-electron chi connectivity index (χ3n) is 8.78. The summed E-state index contributed by atoms with van der Waals surface area (Å²) >= 11 is 0. The van der Waals surface area contributed by atoms with Crippen LogP contribution in [0.4, 0.5) is 23.3 Å². The summed E-state index contributed by atoms with van der Waals surface area (Å²) in [7, 11) is 0. The van der Waals surface area contributed by atoms with E-state index in [1.54, 1.807) is 6.20 Å². The molecule has 0 amide bonds. The van der Waals surface area contributed by atoms with E-state index in [0.29, 0.717) is 12.0 Å². The molecule has 0 atom stereocenters. The zero-order chi connectivity index (χ0) is 24.7. The van der Waals surface area contributed by atoms with Gasteiger partial charge < -0.3 is 19.4 Å². The lowest BCUT2D eigenvalue weighted by Crippen LogP contribution is -2.49. The number of ether oxygens (including phenoxy) is 1. The van der Waals surface area contributed by atoms with Crippen LogP contribution in [0.15, 0.2) is 28.9 Å². The molecule has 0 bridgehead atoms. The first-order chi connectivity index (χ1) is 18.3. The van der Waals surface area contributed by atoms with Gasteiger partial charge in [-0.15, -0.1) is 0 Å². The van der Waals surface area contributed by atoms with Crippen molar-refractivity contribution in [2.45, 2.75) is 56.4 Å². The Balaban J connectivity index is 1.05. The summed E-state index contributed by atoms with van der Waals surface area (Å²) in [4.78, 5) is 19.2. The molecular weight excluding hydrogens is 468 g/mol. The van der Waals surface area contributed by atoms with Crippen molar-refractivity contribution in [3.63, 3.8) is 0 Å². The molecule has 3 fully saturated rings. The third-order valence-corrected chi connectivity index (χ3v) is 8.78. The monoisotopic (exact) mass is 504 g/mol. The first kappa shape index (κ1) is 23.2. The zero-order valence-electron chi connectivity index (χ0n) is 21.3. The van der Waals surface area contributed by atoms with Crippen LogP contribution in [0.2, 0.25) is 0 Å². The molecule has 2 saturated heterocycles. The van der Waals surface area contributed by atoms with Crippen molar-refractivity contribution in [3.8, 4) is 0 Å². The molecule has 10 heteroatoms. The highest BCUT2D eigenvalue weighted by Gasteiger charge is 2.42. The average Bonchev–Trinajstić information content (AvgIpc) is 3.34. The van der Waals surface area contributed by atoms with Gasteiger partial charge in [-0.3, -0.25) is 10.3 Å². The van der Waals surface area contributed by atoms with Gasteiger partial charge in [0, 0.05) is 44.2 Å². The summed E-state index contributed by atoms with van der Waals surface area (Å²) in [6.07, 6.45) is 12.2. The molecule has 3 aromatic rings. The van der Waals surface area contributed by atoms with Gasteiger partial charge in [-0.1, -0.05) is 19.3 Å². The largest absolute Gasteiger partial charge is 0.436 e. The summed E-state index contributed by atoms with van der Waals surface area (Å²) in [5.41, 5.74) is 10.6. The quantitative estimate of drug-likeness (QED) is 0.486. The smallest absolute Gasteiger partial charge is 0.229 e. The Morgan fingerprint density at radius 1 is 0.973 bits per heavy atom. The fraction of sp³-hybridized carbons (Fsp3) is 0.593. The predicted molar refractivity (Wildman–Crippen MR) is 143 cm³/mol. The molecule has 3 aromatic heterocycles. The number of rotatable bonds is 4. The van der Waals surface area contributed by atoms with Crippen molar-refractivity contribution < 1.29 is 9.15 Å². The first-order valence-electron chi connectivity index (χ1n) is 13.9. The van der Waals surface area contributed by atoms with Crippen LogP contribution in [-0.2, 0) is 10.2 Å². The van der Waals surface area contributed by atoms with Crippen LogP contribution >= 0.6 is 0 Å². The summed E-state index contributed by atoms with van der Waals surface area (Å²) in [6, 6.07) is 4.85. The molecule has 1 aliphatic carbocycles. The summed E-state index contributed by atoms with van der Waals surface area (Å²) < 4.78 is 11.6. The number of nitrogens with zero attached hydrogens (tertiary/aromatic N) is 5. The molecule has 196 valence electrons. The minimum absolute atomic E-state index is 0.0742. The fourth-order valence-electron chi connectivity index (χ4n) is 6.76. The molecule has 7 rings (SSSR count). The van der Waals surface area contributed by atoms with Crippen LogP contribution in [0.3, 0.4) is 0 Å². The van der Waals surface area contributed by atoms with E-state index >= 15 is 0 Å². The maximum atomic E-state index is 6.10. The molecule has 4 aliphatic rings. The predicted octanol–water partition coefficient (Wildman–Crippen LogP) is 3.79. The van der Waals surface area contributed by atoms with Crippen molar-refractivity contribution in [2.24, 2.45) is 0 Å². The Kier molecular flexibility index (Phi) is 6.10. The van der Waals surface area contributed by atoms with Gasteiger partial charge >= 0.3 is 0 Å². The number of fused-ring (bicyclic) bond motifs is 4. The maximum absolute atomic E-state index is 6.10. The van der Waals surface area contributed by atoms with E-state index in [1.807, 2.05) is 12.3 Å². The Hall–Kier alpha value is -2.95. The summed E-state index contributed by atoms with van der Waals surface area (Å²) in [6.45, 7) is 6.89. The van der Waals surface area contributed by atoms with Crippen LogP contribution in [0.25, 0.3) is 11.1 Å². The number of hydrogen-bond donors (Lipinski definition) is 3. The molecule has 6 heterocycles. The van der Waals surface area contributed by atoms with Crippen molar-refractivity contribution in [2.75, 3.05) is 61.6 Å². The van der Waals surface area contributed by atoms with Gasteiger partial charge in [-0.05, 0) is 37.8 Å². The van der Waals surface area contributed by atoms with Crippen molar-refractivity contribution in [1.82, 2.24) is 25.3 Å². The maximum Gasteiger partial charge on any atom is 0.229 e. The number of pyridine rings is 1. The van der Waals surface area contributed by atoms with Crippen LogP contribution in [0.5, 0.6) is 0 Å². The third kappa shape index (κ3) is 4.41.